The summed E-state index contributed by atoms with van der Waals surface area (Å²) in [6.45, 7) is 0. The number of aromatic nitrogens is 3. The fraction of sp³-hybridized carbons (Fsp3) is 0.200. The Morgan fingerprint density at radius 3 is 2.71 bits per heavy atom. The van der Waals surface area contributed by atoms with Crippen LogP contribution in [0.2, 0.25) is 0 Å². The molecule has 1 heterocycles. The minimum atomic E-state index is -2.89. The van der Waals surface area contributed by atoms with E-state index in [1.807, 2.05) is 0 Å². The van der Waals surface area contributed by atoms with E-state index in [-0.39, 0.29) is 15.7 Å². The highest BCUT2D eigenvalue weighted by Crippen LogP contribution is 2.36. The molecule has 0 radical (unpaired) electrons. The largest absolute Gasteiger partial charge is 0.497 e. The Labute approximate surface area is 121 Å². The smallest absolute Gasteiger partial charge is 0.299 e. The lowest BCUT2D eigenvalue weighted by Crippen LogP contribution is -2.14. The van der Waals surface area contributed by atoms with Gasteiger partial charge >= 0.3 is 0 Å². The normalized spacial score (nSPS) is 10.9. The van der Waals surface area contributed by atoms with Crippen LogP contribution in [0, 0.1) is 10.1 Å². The highest BCUT2D eigenvalue weighted by Gasteiger charge is 2.22. The summed E-state index contributed by atoms with van der Waals surface area (Å²) in [7, 11) is 1.37. The molecule has 0 spiro atoms. The van der Waals surface area contributed by atoms with E-state index in [2.05, 4.69) is 10.2 Å². The van der Waals surface area contributed by atoms with Crippen molar-refractivity contribution in [2.75, 3.05) is 13.0 Å². The molecule has 0 aliphatic heterocycles. The Hall–Kier alpha value is -2.43. The van der Waals surface area contributed by atoms with Gasteiger partial charge in [0.2, 0.25) is 11.0 Å². The number of nitro benzene ring substituents is 1. The average molecular weight is 317 g/mol. The molecule has 0 aliphatic carbocycles. The zero-order valence-electron chi connectivity index (χ0n) is 10.6. The maximum Gasteiger partial charge on any atom is 0.299 e. The van der Waals surface area contributed by atoms with Gasteiger partial charge in [0, 0.05) is 0 Å². The third-order valence-corrected chi connectivity index (χ3v) is 3.48. The van der Waals surface area contributed by atoms with Gasteiger partial charge < -0.3 is 10.6 Å². The van der Waals surface area contributed by atoms with E-state index in [9.17, 15) is 18.9 Å². The number of alkyl halides is 2. The monoisotopic (exact) mass is 317 g/mol. The summed E-state index contributed by atoms with van der Waals surface area (Å²) in [6, 6.07) is 4.13. The van der Waals surface area contributed by atoms with Crippen LogP contribution in [-0.4, -0.2) is 26.9 Å². The van der Waals surface area contributed by atoms with Crippen LogP contribution in [0.3, 0.4) is 0 Å². The van der Waals surface area contributed by atoms with E-state index in [0.717, 1.165) is 11.8 Å². The average Bonchev–Trinajstić information content (AvgIpc) is 2.80. The molecule has 0 saturated heterocycles. The Bertz CT molecular complexity index is 679. The van der Waals surface area contributed by atoms with E-state index in [4.69, 9.17) is 10.6 Å². The molecule has 112 valence electrons. The first-order chi connectivity index (χ1) is 9.93. The summed E-state index contributed by atoms with van der Waals surface area (Å²) in [5.41, 5.74) is -0.249. The number of nitrogen functional groups attached to an aromatic ring is 1. The van der Waals surface area contributed by atoms with Crippen LogP contribution in [0.25, 0.3) is 0 Å². The van der Waals surface area contributed by atoms with Crippen LogP contribution in [0.15, 0.2) is 28.3 Å². The maximum absolute atomic E-state index is 12.5. The summed E-state index contributed by atoms with van der Waals surface area (Å²) in [5.74, 6) is 5.02. The molecule has 1 aromatic carbocycles. The van der Waals surface area contributed by atoms with Gasteiger partial charge in [0.15, 0.2) is 0 Å². The second-order valence-electron chi connectivity index (χ2n) is 3.70. The van der Waals surface area contributed by atoms with E-state index >= 15 is 0 Å². The number of ether oxygens (including phenoxy) is 1. The molecular formula is C10H9F2N5O3S. The van der Waals surface area contributed by atoms with Crippen molar-refractivity contribution in [1.82, 2.24) is 14.9 Å². The number of rotatable bonds is 5. The van der Waals surface area contributed by atoms with Crippen molar-refractivity contribution in [3.05, 3.63) is 34.1 Å². The molecule has 8 nitrogen and oxygen atoms in total. The summed E-state index contributed by atoms with van der Waals surface area (Å²) in [5, 5.41) is 17.7. The number of hydrogen-bond donors (Lipinski definition) is 1. The lowest BCUT2D eigenvalue weighted by molar-refractivity contribution is -0.387. The van der Waals surface area contributed by atoms with Gasteiger partial charge in [0.05, 0.1) is 23.0 Å². The first-order valence-corrected chi connectivity index (χ1v) is 6.24. The van der Waals surface area contributed by atoms with Crippen LogP contribution in [-0.2, 0) is 0 Å². The topological polar surface area (TPSA) is 109 Å². The van der Waals surface area contributed by atoms with Gasteiger partial charge in [-0.3, -0.25) is 10.1 Å². The molecule has 0 unspecified atom stereocenters. The van der Waals surface area contributed by atoms with Gasteiger partial charge in [-0.25, -0.2) is 13.5 Å². The fourth-order valence-electron chi connectivity index (χ4n) is 1.46. The predicted molar refractivity (Wildman–Crippen MR) is 68.9 cm³/mol. The number of benzene rings is 1. The van der Waals surface area contributed by atoms with E-state index in [1.165, 1.54) is 25.3 Å². The van der Waals surface area contributed by atoms with Gasteiger partial charge in [-0.15, -0.1) is 10.2 Å². The van der Waals surface area contributed by atoms with Gasteiger partial charge in [0.1, 0.15) is 5.75 Å². The molecule has 2 N–H and O–H groups in total. The maximum atomic E-state index is 12.5. The van der Waals surface area contributed by atoms with Crippen LogP contribution in [0.5, 0.6) is 5.75 Å². The molecule has 2 rings (SSSR count). The molecule has 0 aliphatic rings. The zero-order chi connectivity index (χ0) is 15.6. The number of halogens is 2. The molecule has 0 fully saturated rings. The first kappa shape index (κ1) is 15.0. The second kappa shape index (κ2) is 5.91. The van der Waals surface area contributed by atoms with Gasteiger partial charge in [-0.1, -0.05) is 0 Å². The third kappa shape index (κ3) is 3.02. The number of nitro groups is 1. The van der Waals surface area contributed by atoms with Crippen LogP contribution >= 0.6 is 11.8 Å². The fourth-order valence-corrected chi connectivity index (χ4v) is 2.30. The van der Waals surface area contributed by atoms with Crippen LogP contribution in [0.1, 0.15) is 12.2 Å². The molecule has 2 aromatic rings. The van der Waals surface area contributed by atoms with Gasteiger partial charge in [-0.2, -0.15) is 0 Å². The highest BCUT2D eigenvalue weighted by molar-refractivity contribution is 7.99. The lowest BCUT2D eigenvalue weighted by atomic mass is 10.3. The Morgan fingerprint density at radius 1 is 1.48 bits per heavy atom. The standard InChI is InChI=1S/C10H9F2N5O3S/c1-20-5-2-3-7(6(4-5)17(18)19)21-10-15-14-9(8(11)12)16(10)13/h2-4,8H,13H2,1H3. The van der Waals surface area contributed by atoms with E-state index in [1.54, 1.807) is 0 Å². The van der Waals surface area contributed by atoms with Crippen molar-refractivity contribution in [3.8, 4) is 5.75 Å². The Morgan fingerprint density at radius 2 is 2.19 bits per heavy atom. The summed E-state index contributed by atoms with van der Waals surface area (Å²) in [6.07, 6.45) is -2.89. The summed E-state index contributed by atoms with van der Waals surface area (Å²) >= 11 is 0.760. The van der Waals surface area contributed by atoms with Crippen molar-refractivity contribution in [3.63, 3.8) is 0 Å². The van der Waals surface area contributed by atoms with Crippen molar-refractivity contribution < 1.29 is 18.4 Å². The lowest BCUT2D eigenvalue weighted by Gasteiger charge is -2.05. The highest BCUT2D eigenvalue weighted by atomic mass is 32.2. The number of nitrogens with two attached hydrogens (primary N) is 1. The van der Waals surface area contributed by atoms with E-state index in [0.29, 0.717) is 10.4 Å². The first-order valence-electron chi connectivity index (χ1n) is 5.43. The molecule has 0 amide bonds. The van der Waals surface area contributed by atoms with Crippen LogP contribution < -0.4 is 10.6 Å². The summed E-state index contributed by atoms with van der Waals surface area (Å²) in [4.78, 5) is 10.6. The van der Waals surface area contributed by atoms with Crippen molar-refractivity contribution in [2.45, 2.75) is 16.5 Å². The molecule has 11 heteroatoms. The van der Waals surface area contributed by atoms with E-state index < -0.39 is 17.2 Å². The Balaban J connectivity index is 2.37. The molecular weight excluding hydrogens is 308 g/mol. The minimum absolute atomic E-state index is 0.0847. The van der Waals surface area contributed by atoms with Crippen LogP contribution in [0.4, 0.5) is 14.5 Å². The SMILES string of the molecule is COc1ccc(Sc2nnc(C(F)F)n2N)c([N+](=O)[O-])c1. The predicted octanol–water partition coefficient (Wildman–Crippen LogP) is 2.00. The second-order valence-corrected chi connectivity index (χ2v) is 4.71. The number of nitrogens with zero attached hydrogens (tertiary/aromatic N) is 4. The molecule has 21 heavy (non-hydrogen) atoms. The molecule has 1 aromatic heterocycles. The van der Waals surface area contributed by atoms with Crippen molar-refractivity contribution in [2.24, 2.45) is 0 Å². The zero-order valence-corrected chi connectivity index (χ0v) is 11.4. The van der Waals surface area contributed by atoms with Crippen molar-refractivity contribution in [1.29, 1.82) is 0 Å². The van der Waals surface area contributed by atoms with Gasteiger partial charge in [-0.05, 0) is 23.9 Å². The molecule has 0 bridgehead atoms. The molecule has 0 atom stereocenters. The third-order valence-electron chi connectivity index (χ3n) is 2.45. The molecule has 0 saturated carbocycles. The van der Waals surface area contributed by atoms with Gasteiger partial charge in [0.25, 0.3) is 12.1 Å². The number of hydrogen-bond acceptors (Lipinski definition) is 7. The quantitative estimate of drug-likeness (QED) is 0.510. The Kier molecular flexibility index (Phi) is 4.21. The minimum Gasteiger partial charge on any atom is -0.497 e. The number of methoxy groups -OCH3 is 1. The van der Waals surface area contributed by atoms with Crippen molar-refractivity contribution >= 4 is 17.4 Å². The summed E-state index contributed by atoms with van der Waals surface area (Å²) < 4.78 is 30.6.